The minimum Gasteiger partial charge on any atom is -0.366 e. The molecule has 3 nitrogen and oxygen atoms in total. The molecule has 0 aliphatic carbocycles. The summed E-state index contributed by atoms with van der Waals surface area (Å²) in [6.45, 7) is 1.92. The van der Waals surface area contributed by atoms with Crippen LogP contribution in [-0.4, -0.2) is 9.97 Å². The van der Waals surface area contributed by atoms with Gasteiger partial charge in [-0.3, -0.25) is 0 Å². The van der Waals surface area contributed by atoms with Crippen LogP contribution in [0.3, 0.4) is 0 Å². The van der Waals surface area contributed by atoms with Crippen LogP contribution in [0.1, 0.15) is 11.1 Å². The molecule has 6 heteroatoms. The maximum atomic E-state index is 13.4. The van der Waals surface area contributed by atoms with E-state index in [0.29, 0.717) is 5.82 Å². The number of nitrogens with one attached hydrogen (secondary N) is 1. The smallest absolute Gasteiger partial charge is 0.224 e. The molecule has 94 valence electrons. The predicted octanol–water partition coefficient (Wildman–Crippen LogP) is 3.33. The second kappa shape index (κ2) is 5.27. The number of aromatic nitrogens is 2. The molecule has 1 heterocycles. The van der Waals surface area contributed by atoms with Gasteiger partial charge in [-0.05, 0) is 36.7 Å². The SMILES string of the molecule is Cc1cnc(Cl)nc1NCc1cc(F)ccc1F. The summed E-state index contributed by atoms with van der Waals surface area (Å²) in [5, 5.41) is 3.00. The second-order valence-corrected chi connectivity index (χ2v) is 4.10. The minimum absolute atomic E-state index is 0.0998. The Morgan fingerprint density at radius 3 is 2.89 bits per heavy atom. The molecule has 0 unspecified atom stereocenters. The van der Waals surface area contributed by atoms with Crippen molar-refractivity contribution in [2.45, 2.75) is 13.5 Å². The van der Waals surface area contributed by atoms with Gasteiger partial charge in [0.05, 0.1) is 0 Å². The van der Waals surface area contributed by atoms with Gasteiger partial charge in [0.15, 0.2) is 0 Å². The summed E-state index contributed by atoms with van der Waals surface area (Å²) in [7, 11) is 0. The van der Waals surface area contributed by atoms with E-state index in [1.54, 1.807) is 13.1 Å². The van der Waals surface area contributed by atoms with Crippen LogP contribution in [0.15, 0.2) is 24.4 Å². The second-order valence-electron chi connectivity index (χ2n) is 3.76. The molecule has 0 saturated heterocycles. The van der Waals surface area contributed by atoms with Crippen LogP contribution >= 0.6 is 11.6 Å². The van der Waals surface area contributed by atoms with E-state index < -0.39 is 11.6 Å². The zero-order valence-corrected chi connectivity index (χ0v) is 10.3. The first kappa shape index (κ1) is 12.7. The van der Waals surface area contributed by atoms with Crippen molar-refractivity contribution in [3.63, 3.8) is 0 Å². The van der Waals surface area contributed by atoms with Crippen molar-refractivity contribution >= 4 is 17.4 Å². The molecule has 2 aromatic rings. The molecule has 1 aromatic carbocycles. The van der Waals surface area contributed by atoms with Crippen LogP contribution in [0.5, 0.6) is 0 Å². The van der Waals surface area contributed by atoms with Crippen molar-refractivity contribution in [1.29, 1.82) is 0 Å². The van der Waals surface area contributed by atoms with Gasteiger partial charge >= 0.3 is 0 Å². The van der Waals surface area contributed by atoms with E-state index in [4.69, 9.17) is 11.6 Å². The van der Waals surface area contributed by atoms with Gasteiger partial charge in [-0.1, -0.05) is 0 Å². The Hall–Kier alpha value is -1.75. The van der Waals surface area contributed by atoms with Crippen molar-refractivity contribution in [2.24, 2.45) is 0 Å². The van der Waals surface area contributed by atoms with Gasteiger partial charge in [-0.2, -0.15) is 0 Å². The van der Waals surface area contributed by atoms with Crippen LogP contribution in [-0.2, 0) is 6.54 Å². The molecule has 0 aliphatic heterocycles. The van der Waals surface area contributed by atoms with Gasteiger partial charge in [-0.25, -0.2) is 18.7 Å². The normalized spacial score (nSPS) is 10.4. The van der Waals surface area contributed by atoms with Crippen LogP contribution in [0.25, 0.3) is 0 Å². The van der Waals surface area contributed by atoms with Crippen LogP contribution in [0, 0.1) is 18.6 Å². The number of rotatable bonds is 3. The summed E-state index contributed by atoms with van der Waals surface area (Å²) < 4.78 is 26.4. The molecule has 0 fully saturated rings. The summed E-state index contributed by atoms with van der Waals surface area (Å²) in [6.07, 6.45) is 1.56. The fourth-order valence-electron chi connectivity index (χ4n) is 1.46. The average Bonchev–Trinajstić information content (AvgIpc) is 2.34. The zero-order chi connectivity index (χ0) is 13.1. The minimum atomic E-state index is -0.481. The molecule has 0 saturated carbocycles. The third-order valence-corrected chi connectivity index (χ3v) is 2.58. The summed E-state index contributed by atoms with van der Waals surface area (Å²) >= 11 is 5.66. The van der Waals surface area contributed by atoms with Gasteiger partial charge < -0.3 is 5.32 Å². The Balaban J connectivity index is 2.16. The zero-order valence-electron chi connectivity index (χ0n) is 9.54. The van der Waals surface area contributed by atoms with Crippen molar-refractivity contribution in [1.82, 2.24) is 9.97 Å². The Kier molecular flexibility index (Phi) is 3.72. The van der Waals surface area contributed by atoms with Crippen molar-refractivity contribution in [2.75, 3.05) is 5.32 Å². The fraction of sp³-hybridized carbons (Fsp3) is 0.167. The molecule has 2 rings (SSSR count). The number of aryl methyl sites for hydroxylation is 1. The van der Waals surface area contributed by atoms with Crippen LogP contribution < -0.4 is 5.32 Å². The molecule has 18 heavy (non-hydrogen) atoms. The van der Waals surface area contributed by atoms with E-state index in [2.05, 4.69) is 15.3 Å². The maximum absolute atomic E-state index is 13.4. The van der Waals surface area contributed by atoms with Crippen molar-refractivity contribution in [3.8, 4) is 0 Å². The third kappa shape index (κ3) is 2.92. The molecular weight excluding hydrogens is 260 g/mol. The van der Waals surface area contributed by atoms with E-state index >= 15 is 0 Å². The lowest BCUT2D eigenvalue weighted by Gasteiger charge is -2.09. The first-order valence-corrected chi connectivity index (χ1v) is 5.61. The lowest BCUT2D eigenvalue weighted by Crippen LogP contribution is -2.06. The highest BCUT2D eigenvalue weighted by atomic mass is 35.5. The summed E-state index contributed by atoms with van der Waals surface area (Å²) in [4.78, 5) is 7.77. The molecular formula is C12H10ClF2N3. The number of hydrogen-bond donors (Lipinski definition) is 1. The summed E-state index contributed by atoms with van der Waals surface area (Å²) in [5.41, 5.74) is 1.00. The molecule has 0 aliphatic rings. The average molecular weight is 270 g/mol. The molecule has 0 radical (unpaired) electrons. The van der Waals surface area contributed by atoms with Gasteiger partial charge in [0.2, 0.25) is 5.28 Å². The molecule has 1 aromatic heterocycles. The fourth-order valence-corrected chi connectivity index (χ4v) is 1.59. The Bertz CT molecular complexity index is 524. The Morgan fingerprint density at radius 2 is 2.11 bits per heavy atom. The van der Waals surface area contributed by atoms with E-state index in [0.717, 1.165) is 23.8 Å². The Labute approximate surface area is 108 Å². The van der Waals surface area contributed by atoms with Gasteiger partial charge in [-0.15, -0.1) is 0 Å². The number of halogens is 3. The lowest BCUT2D eigenvalue weighted by atomic mass is 10.2. The maximum Gasteiger partial charge on any atom is 0.224 e. The van der Waals surface area contributed by atoms with E-state index in [1.165, 1.54) is 0 Å². The molecule has 0 atom stereocenters. The number of benzene rings is 1. The first-order valence-electron chi connectivity index (χ1n) is 5.23. The van der Waals surface area contributed by atoms with Gasteiger partial charge in [0.25, 0.3) is 0 Å². The van der Waals surface area contributed by atoms with Crippen LogP contribution in [0.2, 0.25) is 5.28 Å². The molecule has 0 amide bonds. The van der Waals surface area contributed by atoms with Gasteiger partial charge in [0.1, 0.15) is 17.5 Å². The highest BCUT2D eigenvalue weighted by molar-refractivity contribution is 6.28. The van der Waals surface area contributed by atoms with Crippen molar-refractivity contribution < 1.29 is 8.78 Å². The molecule has 0 bridgehead atoms. The van der Waals surface area contributed by atoms with Gasteiger partial charge in [0, 0.05) is 23.9 Å². The third-order valence-electron chi connectivity index (χ3n) is 2.40. The molecule has 0 spiro atoms. The van der Waals surface area contributed by atoms with E-state index in [-0.39, 0.29) is 17.4 Å². The Morgan fingerprint density at radius 1 is 1.33 bits per heavy atom. The predicted molar refractivity (Wildman–Crippen MR) is 65.5 cm³/mol. The van der Waals surface area contributed by atoms with Crippen molar-refractivity contribution in [3.05, 3.63) is 52.4 Å². The van der Waals surface area contributed by atoms with E-state index in [9.17, 15) is 8.78 Å². The standard InChI is InChI=1S/C12H10ClF2N3/c1-7-5-17-12(13)18-11(7)16-6-8-4-9(14)2-3-10(8)15/h2-5H,6H2,1H3,(H,16,17,18). The van der Waals surface area contributed by atoms with E-state index in [1.807, 2.05) is 0 Å². The topological polar surface area (TPSA) is 37.8 Å². The highest BCUT2D eigenvalue weighted by Crippen LogP contribution is 2.15. The number of nitrogens with zero attached hydrogens (tertiary/aromatic N) is 2. The van der Waals surface area contributed by atoms with Crippen LogP contribution in [0.4, 0.5) is 14.6 Å². The summed E-state index contributed by atoms with van der Waals surface area (Å²) in [6, 6.07) is 3.30. The quantitative estimate of drug-likeness (QED) is 0.869. The first-order chi connectivity index (χ1) is 8.56. The lowest BCUT2D eigenvalue weighted by molar-refractivity contribution is 0.587. The molecule has 1 N–H and O–H groups in total. The monoisotopic (exact) mass is 269 g/mol. The summed E-state index contributed by atoms with van der Waals surface area (Å²) in [5.74, 6) is -0.453. The largest absolute Gasteiger partial charge is 0.366 e. The number of anilines is 1. The highest BCUT2D eigenvalue weighted by Gasteiger charge is 2.06. The number of hydrogen-bond acceptors (Lipinski definition) is 3.